The fourth-order valence-corrected chi connectivity index (χ4v) is 6.35. The van der Waals surface area contributed by atoms with Gasteiger partial charge in [0, 0.05) is 33.6 Å². The van der Waals surface area contributed by atoms with Crippen molar-refractivity contribution < 1.29 is 23.9 Å². The van der Waals surface area contributed by atoms with Crippen molar-refractivity contribution in [2.24, 2.45) is 5.41 Å². The number of benzene rings is 2. The third-order valence-corrected chi connectivity index (χ3v) is 8.52. The minimum atomic E-state index is -1.23. The highest BCUT2D eigenvalue weighted by molar-refractivity contribution is 14.1. The van der Waals surface area contributed by atoms with Gasteiger partial charge >= 0.3 is 5.97 Å². The van der Waals surface area contributed by atoms with E-state index in [9.17, 15) is 23.9 Å². The van der Waals surface area contributed by atoms with E-state index >= 15 is 0 Å². The lowest BCUT2D eigenvalue weighted by molar-refractivity contribution is -0.139. The van der Waals surface area contributed by atoms with Crippen molar-refractivity contribution in [3.8, 4) is 0 Å². The highest BCUT2D eigenvalue weighted by atomic mass is 127. The normalized spacial score (nSPS) is 15.2. The zero-order valence-corrected chi connectivity index (χ0v) is 24.1. The standard InChI is InChI=1S/C28H26FIN4O4S/c1-28(2)11-17-22(24(35)33-21(27(37)38)9-14-12-31-19-6-4-3-5-16(14)19)26(39-23(17)25(36)32-13-28)34-20-8-7-15(30)10-18(20)29/h3-8,10,12,21,31,34H,9,11,13H2,1-2H3,(H,32,36)(H,33,35)(H,37,38). The number of nitrogens with one attached hydrogen (secondary N) is 4. The molecule has 11 heteroatoms. The van der Waals surface area contributed by atoms with Crippen LogP contribution in [0.25, 0.3) is 10.9 Å². The number of aromatic nitrogens is 1. The fraction of sp³-hybridized carbons (Fsp3) is 0.250. The Labute approximate surface area is 241 Å². The van der Waals surface area contributed by atoms with Crippen LogP contribution in [0.5, 0.6) is 0 Å². The Hall–Kier alpha value is -3.45. The third kappa shape index (κ3) is 5.64. The summed E-state index contributed by atoms with van der Waals surface area (Å²) in [5.41, 5.74) is 2.07. The fourth-order valence-electron chi connectivity index (χ4n) is 4.75. The van der Waals surface area contributed by atoms with Gasteiger partial charge in [-0.15, -0.1) is 11.3 Å². The average molecular weight is 661 g/mol. The summed E-state index contributed by atoms with van der Waals surface area (Å²) in [6.45, 7) is 4.37. The van der Waals surface area contributed by atoms with E-state index in [1.807, 2.05) is 60.7 Å². The molecule has 0 fully saturated rings. The monoisotopic (exact) mass is 660 g/mol. The van der Waals surface area contributed by atoms with Gasteiger partial charge in [0.15, 0.2) is 0 Å². The van der Waals surface area contributed by atoms with Crippen molar-refractivity contribution in [3.63, 3.8) is 0 Å². The summed E-state index contributed by atoms with van der Waals surface area (Å²) in [6, 6.07) is 10.9. The lowest BCUT2D eigenvalue weighted by Gasteiger charge is -2.23. The first-order valence-corrected chi connectivity index (χ1v) is 14.2. The molecule has 1 unspecified atom stereocenters. The number of thiophene rings is 1. The number of rotatable bonds is 7. The molecule has 2 aromatic heterocycles. The van der Waals surface area contributed by atoms with Crippen molar-refractivity contribution in [1.29, 1.82) is 0 Å². The van der Waals surface area contributed by atoms with Crippen molar-refractivity contribution >= 4 is 73.3 Å². The molecule has 0 bridgehead atoms. The lowest BCUT2D eigenvalue weighted by Crippen LogP contribution is -2.42. The smallest absolute Gasteiger partial charge is 0.326 e. The molecular formula is C28H26FIN4O4S. The SMILES string of the molecule is CC1(C)CNC(=O)c2sc(Nc3ccc(I)cc3F)c(C(=O)NC(Cc3c[nH]c4ccccc34)C(=O)O)c2C1. The molecule has 0 aliphatic carbocycles. The van der Waals surface area contributed by atoms with E-state index in [4.69, 9.17) is 0 Å². The average Bonchev–Trinajstić information content (AvgIpc) is 3.41. The minimum absolute atomic E-state index is 0.0535. The second kappa shape index (κ2) is 10.6. The summed E-state index contributed by atoms with van der Waals surface area (Å²) in [6.07, 6.45) is 2.19. The summed E-state index contributed by atoms with van der Waals surface area (Å²) >= 11 is 3.06. The molecule has 1 aliphatic heterocycles. The molecule has 39 heavy (non-hydrogen) atoms. The van der Waals surface area contributed by atoms with Crippen LogP contribution >= 0.6 is 33.9 Å². The van der Waals surface area contributed by atoms with Crippen molar-refractivity contribution in [2.75, 3.05) is 11.9 Å². The van der Waals surface area contributed by atoms with Gasteiger partial charge in [-0.3, -0.25) is 9.59 Å². The molecule has 3 heterocycles. The Morgan fingerprint density at radius 3 is 2.74 bits per heavy atom. The largest absolute Gasteiger partial charge is 0.480 e. The van der Waals surface area contributed by atoms with E-state index in [2.05, 4.69) is 20.9 Å². The third-order valence-electron chi connectivity index (χ3n) is 6.70. The highest BCUT2D eigenvalue weighted by Gasteiger charge is 2.36. The van der Waals surface area contributed by atoms with Gasteiger partial charge in [0.25, 0.3) is 11.8 Å². The number of aromatic amines is 1. The molecule has 0 saturated heterocycles. The van der Waals surface area contributed by atoms with E-state index in [0.717, 1.165) is 27.8 Å². The van der Waals surface area contributed by atoms with Gasteiger partial charge in [-0.2, -0.15) is 0 Å². The minimum Gasteiger partial charge on any atom is -0.480 e. The highest BCUT2D eigenvalue weighted by Crippen LogP contribution is 2.40. The van der Waals surface area contributed by atoms with Gasteiger partial charge < -0.3 is 26.0 Å². The second-order valence-electron chi connectivity index (χ2n) is 10.3. The van der Waals surface area contributed by atoms with Gasteiger partial charge in [0.1, 0.15) is 16.9 Å². The molecule has 8 nitrogen and oxygen atoms in total. The Balaban J connectivity index is 1.53. The maximum Gasteiger partial charge on any atom is 0.326 e. The van der Waals surface area contributed by atoms with Crippen LogP contribution in [0.1, 0.15) is 45.0 Å². The summed E-state index contributed by atoms with van der Waals surface area (Å²) in [5.74, 6) is -2.66. The molecule has 5 N–H and O–H groups in total. The number of fused-ring (bicyclic) bond motifs is 2. The number of anilines is 2. The van der Waals surface area contributed by atoms with Crippen LogP contribution in [-0.4, -0.2) is 40.5 Å². The van der Waals surface area contributed by atoms with Crippen molar-refractivity contribution in [2.45, 2.75) is 32.7 Å². The Kier molecular flexibility index (Phi) is 7.38. The number of carboxylic acid groups (broad SMARTS) is 1. The first kappa shape index (κ1) is 27.1. The van der Waals surface area contributed by atoms with Crippen LogP contribution in [0.3, 0.4) is 0 Å². The van der Waals surface area contributed by atoms with Crippen LogP contribution in [0, 0.1) is 14.8 Å². The number of carbonyl (C=O) groups excluding carboxylic acids is 2. The quantitative estimate of drug-likeness (QED) is 0.169. The number of amides is 2. The van der Waals surface area contributed by atoms with Gasteiger partial charge in [-0.05, 0) is 69.8 Å². The van der Waals surface area contributed by atoms with Gasteiger partial charge in [-0.25, -0.2) is 9.18 Å². The number of hydrogen-bond acceptors (Lipinski definition) is 5. The summed E-state index contributed by atoms with van der Waals surface area (Å²) < 4.78 is 15.5. The lowest BCUT2D eigenvalue weighted by atomic mass is 9.85. The predicted molar refractivity (Wildman–Crippen MR) is 157 cm³/mol. The number of carboxylic acids is 1. The molecule has 2 aromatic carbocycles. The molecule has 0 radical (unpaired) electrons. The topological polar surface area (TPSA) is 123 Å². The van der Waals surface area contributed by atoms with E-state index in [0.29, 0.717) is 27.0 Å². The molecule has 2 amide bonds. The summed E-state index contributed by atoms with van der Waals surface area (Å²) in [4.78, 5) is 42.5. The van der Waals surface area contributed by atoms with Crippen molar-refractivity contribution in [3.05, 3.63) is 79.6 Å². The van der Waals surface area contributed by atoms with Crippen LogP contribution < -0.4 is 16.0 Å². The van der Waals surface area contributed by atoms with Gasteiger partial charge in [-0.1, -0.05) is 32.0 Å². The van der Waals surface area contributed by atoms with E-state index < -0.39 is 23.7 Å². The number of H-pyrrole nitrogens is 1. The van der Waals surface area contributed by atoms with Crippen LogP contribution in [0.4, 0.5) is 15.1 Å². The number of halogens is 2. The first-order chi connectivity index (χ1) is 18.5. The van der Waals surface area contributed by atoms with E-state index in [-0.39, 0.29) is 34.0 Å². The number of carbonyl (C=O) groups is 3. The van der Waals surface area contributed by atoms with Crippen LogP contribution in [0.2, 0.25) is 0 Å². The number of hydrogen-bond donors (Lipinski definition) is 5. The molecule has 0 saturated carbocycles. The Morgan fingerprint density at radius 1 is 1.23 bits per heavy atom. The maximum atomic E-state index is 14.7. The Morgan fingerprint density at radius 2 is 2.00 bits per heavy atom. The zero-order valence-electron chi connectivity index (χ0n) is 21.2. The zero-order chi connectivity index (χ0) is 27.9. The molecule has 1 atom stereocenters. The second-order valence-corrected chi connectivity index (χ2v) is 12.6. The predicted octanol–water partition coefficient (Wildman–Crippen LogP) is 5.45. The maximum absolute atomic E-state index is 14.7. The van der Waals surface area contributed by atoms with Crippen LogP contribution in [-0.2, 0) is 17.6 Å². The molecule has 1 aliphatic rings. The molecule has 202 valence electrons. The number of para-hydroxylation sites is 1. The van der Waals surface area contributed by atoms with Crippen molar-refractivity contribution in [1.82, 2.24) is 15.6 Å². The van der Waals surface area contributed by atoms with Gasteiger partial charge in [0.2, 0.25) is 0 Å². The summed E-state index contributed by atoms with van der Waals surface area (Å²) in [5, 5.41) is 19.7. The van der Waals surface area contributed by atoms with Gasteiger partial charge in [0.05, 0.1) is 16.1 Å². The van der Waals surface area contributed by atoms with E-state index in [1.165, 1.54) is 6.07 Å². The summed E-state index contributed by atoms with van der Waals surface area (Å²) in [7, 11) is 0. The first-order valence-electron chi connectivity index (χ1n) is 12.3. The molecule has 0 spiro atoms. The molecular weight excluding hydrogens is 634 g/mol. The molecule has 5 rings (SSSR count). The molecule has 4 aromatic rings. The van der Waals surface area contributed by atoms with E-state index in [1.54, 1.807) is 18.3 Å². The number of aliphatic carboxylic acids is 1. The van der Waals surface area contributed by atoms with Crippen LogP contribution in [0.15, 0.2) is 48.7 Å². The Bertz CT molecular complexity index is 1610.